The van der Waals surface area contributed by atoms with Crippen molar-refractivity contribution in [3.63, 3.8) is 0 Å². The summed E-state index contributed by atoms with van der Waals surface area (Å²) in [7, 11) is 3.05. The van der Waals surface area contributed by atoms with E-state index in [4.69, 9.17) is 14.2 Å². The lowest BCUT2D eigenvalue weighted by atomic mass is 10.2. The molecule has 0 heterocycles. The fourth-order valence-corrected chi connectivity index (χ4v) is 2.07. The van der Waals surface area contributed by atoms with Gasteiger partial charge in [0.2, 0.25) is 0 Å². The van der Waals surface area contributed by atoms with Crippen molar-refractivity contribution in [2.24, 2.45) is 0 Å². The standard InChI is InChI=1S/C18H18FNO5/c1-23-15-7-6-12(8-16(15)24-2)10-20-17(21)11-25-18(22)13-4-3-5-14(19)9-13/h3-9H,10-11H2,1-2H3,(H,20,21). The molecule has 2 aromatic carbocycles. The summed E-state index contributed by atoms with van der Waals surface area (Å²) in [5, 5.41) is 2.62. The smallest absolute Gasteiger partial charge is 0.338 e. The van der Waals surface area contributed by atoms with E-state index < -0.39 is 24.3 Å². The molecule has 0 saturated heterocycles. The van der Waals surface area contributed by atoms with Crippen molar-refractivity contribution in [1.82, 2.24) is 5.32 Å². The van der Waals surface area contributed by atoms with Crippen LogP contribution in [0.5, 0.6) is 11.5 Å². The van der Waals surface area contributed by atoms with Crippen LogP contribution in [0.25, 0.3) is 0 Å². The minimum Gasteiger partial charge on any atom is -0.493 e. The number of carbonyl (C=O) groups excluding carboxylic acids is 2. The summed E-state index contributed by atoms with van der Waals surface area (Å²) < 4.78 is 28.2. The van der Waals surface area contributed by atoms with E-state index in [-0.39, 0.29) is 12.1 Å². The van der Waals surface area contributed by atoms with Gasteiger partial charge in [-0.3, -0.25) is 4.79 Å². The molecule has 0 bridgehead atoms. The molecule has 25 heavy (non-hydrogen) atoms. The average molecular weight is 347 g/mol. The molecule has 2 rings (SSSR count). The number of nitrogens with one attached hydrogen (secondary N) is 1. The highest BCUT2D eigenvalue weighted by atomic mass is 19.1. The molecule has 0 aliphatic heterocycles. The fourth-order valence-electron chi connectivity index (χ4n) is 2.07. The molecule has 0 spiro atoms. The number of methoxy groups -OCH3 is 2. The van der Waals surface area contributed by atoms with E-state index in [0.717, 1.165) is 11.6 Å². The highest BCUT2D eigenvalue weighted by molar-refractivity contribution is 5.91. The van der Waals surface area contributed by atoms with Gasteiger partial charge >= 0.3 is 5.97 Å². The zero-order valence-electron chi connectivity index (χ0n) is 13.9. The summed E-state index contributed by atoms with van der Waals surface area (Å²) in [6, 6.07) is 10.3. The molecule has 1 amide bonds. The number of hydrogen-bond donors (Lipinski definition) is 1. The zero-order valence-corrected chi connectivity index (χ0v) is 13.9. The van der Waals surface area contributed by atoms with Crippen LogP contribution in [0.15, 0.2) is 42.5 Å². The maximum atomic E-state index is 13.0. The predicted octanol–water partition coefficient (Wildman–Crippen LogP) is 2.32. The number of esters is 1. The van der Waals surface area contributed by atoms with E-state index in [1.165, 1.54) is 32.4 Å². The lowest BCUT2D eigenvalue weighted by molar-refractivity contribution is -0.124. The van der Waals surface area contributed by atoms with Crippen molar-refractivity contribution in [3.8, 4) is 11.5 Å². The van der Waals surface area contributed by atoms with Gasteiger partial charge < -0.3 is 19.5 Å². The highest BCUT2D eigenvalue weighted by Gasteiger charge is 2.11. The minimum atomic E-state index is -0.763. The number of benzene rings is 2. The first-order valence-corrected chi connectivity index (χ1v) is 7.43. The molecular formula is C18H18FNO5. The van der Waals surface area contributed by atoms with Crippen molar-refractivity contribution in [3.05, 3.63) is 59.4 Å². The summed E-state index contributed by atoms with van der Waals surface area (Å²) >= 11 is 0. The van der Waals surface area contributed by atoms with Gasteiger partial charge in [0.25, 0.3) is 5.91 Å². The molecule has 0 saturated carbocycles. The van der Waals surface area contributed by atoms with Crippen molar-refractivity contribution in [1.29, 1.82) is 0 Å². The Kier molecular flexibility index (Phi) is 6.33. The van der Waals surface area contributed by atoms with Gasteiger partial charge in [-0.1, -0.05) is 12.1 Å². The van der Waals surface area contributed by atoms with Crippen LogP contribution >= 0.6 is 0 Å². The Morgan fingerprint density at radius 3 is 2.48 bits per heavy atom. The second-order valence-electron chi connectivity index (χ2n) is 5.05. The van der Waals surface area contributed by atoms with Crippen LogP contribution in [-0.2, 0) is 16.1 Å². The fraction of sp³-hybridized carbons (Fsp3) is 0.222. The first-order valence-electron chi connectivity index (χ1n) is 7.43. The van der Waals surface area contributed by atoms with E-state index in [9.17, 15) is 14.0 Å². The van der Waals surface area contributed by atoms with E-state index >= 15 is 0 Å². The Labute approximate surface area is 144 Å². The summed E-state index contributed by atoms with van der Waals surface area (Å²) in [5.41, 5.74) is 0.843. The molecule has 6 nitrogen and oxygen atoms in total. The molecule has 0 aromatic heterocycles. The second kappa shape index (κ2) is 8.68. The first-order chi connectivity index (χ1) is 12.0. The van der Waals surface area contributed by atoms with Gasteiger partial charge in [0.15, 0.2) is 18.1 Å². The van der Waals surface area contributed by atoms with Crippen LogP contribution in [0.4, 0.5) is 4.39 Å². The van der Waals surface area contributed by atoms with Gasteiger partial charge in [-0.2, -0.15) is 0 Å². The molecule has 0 radical (unpaired) electrons. The molecule has 0 atom stereocenters. The van der Waals surface area contributed by atoms with Gasteiger partial charge in [0.05, 0.1) is 19.8 Å². The highest BCUT2D eigenvalue weighted by Crippen LogP contribution is 2.27. The Bertz CT molecular complexity index is 763. The lowest BCUT2D eigenvalue weighted by Crippen LogP contribution is -2.28. The Morgan fingerprint density at radius 1 is 1.04 bits per heavy atom. The summed E-state index contributed by atoms with van der Waals surface area (Å²) in [4.78, 5) is 23.5. The third kappa shape index (κ3) is 5.20. The molecule has 2 aromatic rings. The normalized spacial score (nSPS) is 10.0. The molecule has 7 heteroatoms. The summed E-state index contributed by atoms with van der Waals surface area (Å²) in [5.74, 6) is -0.652. The number of hydrogen-bond acceptors (Lipinski definition) is 5. The zero-order chi connectivity index (χ0) is 18.2. The summed E-state index contributed by atoms with van der Waals surface area (Å²) in [6.07, 6.45) is 0. The van der Waals surface area contributed by atoms with Gasteiger partial charge in [0.1, 0.15) is 5.82 Å². The molecular weight excluding hydrogens is 329 g/mol. The molecule has 0 aliphatic rings. The molecule has 1 N–H and O–H groups in total. The number of rotatable bonds is 7. The predicted molar refractivity (Wildman–Crippen MR) is 88.1 cm³/mol. The molecule has 0 fully saturated rings. The van der Waals surface area contributed by atoms with Crippen molar-refractivity contribution in [2.75, 3.05) is 20.8 Å². The van der Waals surface area contributed by atoms with E-state index in [1.807, 2.05) is 0 Å². The van der Waals surface area contributed by atoms with Gasteiger partial charge in [0, 0.05) is 6.54 Å². The Morgan fingerprint density at radius 2 is 1.80 bits per heavy atom. The maximum absolute atomic E-state index is 13.0. The largest absolute Gasteiger partial charge is 0.493 e. The van der Waals surface area contributed by atoms with Crippen LogP contribution in [0.2, 0.25) is 0 Å². The third-order valence-electron chi connectivity index (χ3n) is 3.33. The van der Waals surface area contributed by atoms with E-state index in [0.29, 0.717) is 11.5 Å². The quantitative estimate of drug-likeness (QED) is 0.778. The third-order valence-corrected chi connectivity index (χ3v) is 3.33. The van der Waals surface area contributed by atoms with E-state index in [2.05, 4.69) is 5.32 Å². The molecule has 0 unspecified atom stereocenters. The number of amides is 1. The summed E-state index contributed by atoms with van der Waals surface area (Å²) in [6.45, 7) is -0.223. The molecule has 0 aliphatic carbocycles. The van der Waals surface area contributed by atoms with Crippen LogP contribution in [0.1, 0.15) is 15.9 Å². The van der Waals surface area contributed by atoms with Crippen LogP contribution < -0.4 is 14.8 Å². The van der Waals surface area contributed by atoms with Gasteiger partial charge in [-0.25, -0.2) is 9.18 Å². The minimum absolute atomic E-state index is 0.0488. The number of halogens is 1. The van der Waals surface area contributed by atoms with Crippen LogP contribution in [-0.4, -0.2) is 32.7 Å². The topological polar surface area (TPSA) is 73.9 Å². The SMILES string of the molecule is COc1ccc(CNC(=O)COC(=O)c2cccc(F)c2)cc1OC. The average Bonchev–Trinajstić information content (AvgIpc) is 2.64. The molecule has 132 valence electrons. The van der Waals surface area contributed by atoms with E-state index in [1.54, 1.807) is 18.2 Å². The lowest BCUT2D eigenvalue weighted by Gasteiger charge is -2.10. The Hall–Kier alpha value is -3.09. The van der Waals surface area contributed by atoms with Crippen molar-refractivity contribution >= 4 is 11.9 Å². The van der Waals surface area contributed by atoms with Crippen LogP contribution in [0, 0.1) is 5.82 Å². The van der Waals surface area contributed by atoms with Crippen molar-refractivity contribution in [2.45, 2.75) is 6.54 Å². The second-order valence-corrected chi connectivity index (χ2v) is 5.05. The van der Waals surface area contributed by atoms with Gasteiger partial charge in [-0.05, 0) is 35.9 Å². The maximum Gasteiger partial charge on any atom is 0.338 e. The number of carbonyl (C=O) groups is 2. The Balaban J connectivity index is 1.83. The van der Waals surface area contributed by atoms with Gasteiger partial charge in [-0.15, -0.1) is 0 Å². The monoisotopic (exact) mass is 347 g/mol. The van der Waals surface area contributed by atoms with Crippen molar-refractivity contribution < 1.29 is 28.2 Å². The van der Waals surface area contributed by atoms with Crippen LogP contribution in [0.3, 0.4) is 0 Å². The first kappa shape index (κ1) is 18.3. The number of ether oxygens (including phenoxy) is 3.